The first-order valence-corrected chi connectivity index (χ1v) is 14.0. The molecule has 0 amide bonds. The van der Waals surface area contributed by atoms with Crippen molar-refractivity contribution in [2.24, 2.45) is 11.8 Å². The normalized spacial score (nSPS) is 17.9. The van der Waals surface area contributed by atoms with Gasteiger partial charge in [0.15, 0.2) is 0 Å². The van der Waals surface area contributed by atoms with E-state index in [4.69, 9.17) is 13.9 Å². The maximum atomic E-state index is 7.21. The summed E-state index contributed by atoms with van der Waals surface area (Å²) >= 11 is 2.31. The number of hydrogen-bond donors (Lipinski definition) is 0. The Labute approximate surface area is 184 Å². The zero-order valence-corrected chi connectivity index (χ0v) is 22.6. The van der Waals surface area contributed by atoms with Gasteiger partial charge in [-0.2, -0.15) is 0 Å². The first-order chi connectivity index (χ1) is 12.6. The predicted octanol–water partition coefficient (Wildman–Crippen LogP) is 7.56. The van der Waals surface area contributed by atoms with E-state index in [9.17, 15) is 0 Å². The second kappa shape index (κ2) is 13.7. The Balaban J connectivity index is 5.84. The lowest BCUT2D eigenvalue weighted by atomic mass is 9.86. The third kappa shape index (κ3) is 7.72. The van der Waals surface area contributed by atoms with Crippen molar-refractivity contribution in [3.8, 4) is 0 Å². The van der Waals surface area contributed by atoms with Crippen molar-refractivity contribution in [3.63, 3.8) is 0 Å². The van der Waals surface area contributed by atoms with Crippen molar-refractivity contribution in [2.75, 3.05) is 13.9 Å². The summed E-state index contributed by atoms with van der Waals surface area (Å²) in [6, 6.07) is 0. The molecule has 5 heteroatoms. The molecule has 4 atom stereocenters. The van der Waals surface area contributed by atoms with Crippen LogP contribution in [0.4, 0.5) is 0 Å². The van der Waals surface area contributed by atoms with E-state index in [0.29, 0.717) is 35.3 Å². The molecule has 0 aromatic heterocycles. The Morgan fingerprint density at radius 2 is 1.44 bits per heavy atom. The molecule has 0 unspecified atom stereocenters. The molecule has 0 saturated heterocycles. The predicted molar refractivity (Wildman–Crippen MR) is 129 cm³/mol. The topological polar surface area (TPSA) is 27.7 Å². The maximum Gasteiger partial charge on any atom is 0.200 e. The quantitative estimate of drug-likeness (QED) is 0.137. The van der Waals surface area contributed by atoms with Crippen LogP contribution in [-0.2, 0) is 13.9 Å². The lowest BCUT2D eigenvalue weighted by Crippen LogP contribution is -2.52. The molecule has 0 spiro atoms. The van der Waals surface area contributed by atoms with Crippen molar-refractivity contribution in [2.45, 2.75) is 104 Å². The Hall–Kier alpha value is 0.567. The van der Waals surface area contributed by atoms with E-state index in [1.54, 1.807) is 7.11 Å². The van der Waals surface area contributed by atoms with Gasteiger partial charge in [-0.25, -0.2) is 0 Å². The van der Waals surface area contributed by atoms with Gasteiger partial charge in [0, 0.05) is 13.0 Å². The molecule has 27 heavy (non-hydrogen) atoms. The number of rotatable bonds is 14. The zero-order chi connectivity index (χ0) is 21.2. The smallest absolute Gasteiger partial charge is 0.200 e. The number of halogens is 1. The van der Waals surface area contributed by atoms with Gasteiger partial charge in [0.1, 0.15) is 6.79 Å². The monoisotopic (exact) mass is 512 g/mol. The fraction of sp³-hybridized carbons (Fsp3) is 0.909. The molecular weight excluding hydrogens is 467 g/mol. The first-order valence-electron chi connectivity index (χ1n) is 10.6. The molecule has 0 radical (unpaired) electrons. The van der Waals surface area contributed by atoms with Crippen molar-refractivity contribution < 1.29 is 13.9 Å². The molecule has 0 aliphatic carbocycles. The van der Waals surface area contributed by atoms with Crippen molar-refractivity contribution >= 4 is 30.9 Å². The van der Waals surface area contributed by atoms with Crippen LogP contribution < -0.4 is 0 Å². The minimum absolute atomic E-state index is 0.140. The molecule has 0 saturated carbocycles. The van der Waals surface area contributed by atoms with E-state index in [-0.39, 0.29) is 12.2 Å². The van der Waals surface area contributed by atoms with Gasteiger partial charge in [-0.1, -0.05) is 97.4 Å². The standard InChI is InChI=1S/C22H45IO3Si/c1-11-19(8)22(25-15-24-10)20(9)21(13-12-14-23)26-27(16(2)3,17(4)5)18(6)7/h12,14,16-22H,11,13,15H2,1-10H3/b14-12+/t19-,20-,21-,22+/m0/s1. The summed E-state index contributed by atoms with van der Waals surface area (Å²) in [5, 5.41) is 0. The highest BCUT2D eigenvalue weighted by atomic mass is 127. The van der Waals surface area contributed by atoms with Crippen LogP contribution in [0.5, 0.6) is 0 Å². The van der Waals surface area contributed by atoms with Crippen LogP contribution >= 0.6 is 22.6 Å². The minimum Gasteiger partial charge on any atom is -0.412 e. The molecule has 0 aliphatic heterocycles. The van der Waals surface area contributed by atoms with Gasteiger partial charge in [0.25, 0.3) is 0 Å². The van der Waals surface area contributed by atoms with E-state index < -0.39 is 8.32 Å². The Morgan fingerprint density at radius 1 is 0.926 bits per heavy atom. The van der Waals surface area contributed by atoms with Crippen LogP contribution in [0.25, 0.3) is 0 Å². The molecule has 0 rings (SSSR count). The summed E-state index contributed by atoms with van der Waals surface area (Å²) in [5.74, 6) is 0.781. The molecule has 0 aromatic rings. The second-order valence-corrected chi connectivity index (χ2v) is 15.0. The van der Waals surface area contributed by atoms with Crippen LogP contribution in [0, 0.1) is 11.8 Å². The van der Waals surface area contributed by atoms with Gasteiger partial charge in [-0.3, -0.25) is 0 Å². The Morgan fingerprint density at radius 3 is 1.81 bits per heavy atom. The van der Waals surface area contributed by atoms with Crippen LogP contribution in [-0.4, -0.2) is 34.4 Å². The number of hydrogen-bond acceptors (Lipinski definition) is 3. The van der Waals surface area contributed by atoms with Gasteiger partial charge in [-0.05, 0) is 33.0 Å². The van der Waals surface area contributed by atoms with E-state index in [0.717, 1.165) is 12.8 Å². The second-order valence-electron chi connectivity index (χ2n) is 8.85. The van der Waals surface area contributed by atoms with Crippen molar-refractivity contribution in [1.29, 1.82) is 0 Å². The lowest BCUT2D eigenvalue weighted by molar-refractivity contribution is -0.123. The molecular formula is C22H45IO3Si. The Bertz CT molecular complexity index is 391. The number of ether oxygens (including phenoxy) is 2. The van der Waals surface area contributed by atoms with Crippen molar-refractivity contribution in [3.05, 3.63) is 10.2 Å². The summed E-state index contributed by atoms with van der Waals surface area (Å²) in [6.07, 6.45) is 4.58. The highest BCUT2D eigenvalue weighted by Gasteiger charge is 2.47. The summed E-state index contributed by atoms with van der Waals surface area (Å²) in [7, 11) is -0.255. The molecule has 0 aromatic carbocycles. The van der Waals surface area contributed by atoms with Gasteiger partial charge >= 0.3 is 0 Å². The minimum atomic E-state index is -1.95. The van der Waals surface area contributed by atoms with Crippen LogP contribution in [0.2, 0.25) is 16.6 Å². The third-order valence-corrected chi connectivity index (χ3v) is 12.8. The van der Waals surface area contributed by atoms with Crippen LogP contribution in [0.1, 0.15) is 75.2 Å². The molecule has 162 valence electrons. The first kappa shape index (κ1) is 27.6. The molecule has 3 nitrogen and oxygen atoms in total. The van der Waals surface area contributed by atoms with Gasteiger partial charge < -0.3 is 13.9 Å². The molecule has 0 bridgehead atoms. The van der Waals surface area contributed by atoms with E-state index >= 15 is 0 Å². The fourth-order valence-corrected chi connectivity index (χ4v) is 10.6. The highest BCUT2D eigenvalue weighted by Crippen LogP contribution is 2.44. The molecule has 0 aliphatic rings. The largest absolute Gasteiger partial charge is 0.412 e. The summed E-state index contributed by atoms with van der Waals surface area (Å²) in [5.41, 5.74) is 1.74. The summed E-state index contributed by atoms with van der Waals surface area (Å²) < 4.78 is 20.7. The lowest BCUT2D eigenvalue weighted by Gasteiger charge is -2.47. The molecule has 0 heterocycles. The summed E-state index contributed by atoms with van der Waals surface area (Å²) in [4.78, 5) is 0. The molecule has 0 N–H and O–H groups in total. The van der Waals surface area contributed by atoms with Crippen LogP contribution in [0.3, 0.4) is 0 Å². The Kier molecular flexibility index (Phi) is 14.0. The van der Waals surface area contributed by atoms with E-state index in [2.05, 4.69) is 95.1 Å². The third-order valence-electron chi connectivity index (χ3n) is 6.21. The average Bonchev–Trinajstić information content (AvgIpc) is 2.60. The SMILES string of the molecule is CC[C@H](C)[C@@H](OCOC)[C@@H](C)[C@H](C/C=C/I)O[Si](C(C)C)(C(C)C)C(C)C. The maximum absolute atomic E-state index is 7.21. The summed E-state index contributed by atoms with van der Waals surface area (Å²) in [6.45, 7) is 21.3. The highest BCUT2D eigenvalue weighted by molar-refractivity contribution is 14.1. The average molecular weight is 513 g/mol. The molecule has 0 fully saturated rings. The van der Waals surface area contributed by atoms with Gasteiger partial charge in [-0.15, -0.1) is 0 Å². The van der Waals surface area contributed by atoms with Crippen LogP contribution in [0.15, 0.2) is 10.2 Å². The van der Waals surface area contributed by atoms with Gasteiger partial charge in [0.2, 0.25) is 8.32 Å². The number of methoxy groups -OCH3 is 1. The van der Waals surface area contributed by atoms with Gasteiger partial charge in [0.05, 0.1) is 12.2 Å². The fourth-order valence-electron chi connectivity index (χ4n) is 4.65. The van der Waals surface area contributed by atoms with E-state index in [1.807, 2.05) is 0 Å². The van der Waals surface area contributed by atoms with E-state index in [1.165, 1.54) is 0 Å². The van der Waals surface area contributed by atoms with Crippen molar-refractivity contribution in [1.82, 2.24) is 0 Å². The zero-order valence-electron chi connectivity index (χ0n) is 19.4.